The summed E-state index contributed by atoms with van der Waals surface area (Å²) in [7, 11) is 0. The molecule has 0 radical (unpaired) electrons. The molecule has 1 atom stereocenters. The second kappa shape index (κ2) is 5.72. The van der Waals surface area contributed by atoms with E-state index in [2.05, 4.69) is 6.07 Å². The lowest BCUT2D eigenvalue weighted by Crippen LogP contribution is -2.38. The Morgan fingerprint density at radius 3 is 2.63 bits per heavy atom. The van der Waals surface area contributed by atoms with E-state index in [0.717, 1.165) is 5.56 Å². The van der Waals surface area contributed by atoms with Crippen molar-refractivity contribution in [1.82, 2.24) is 4.90 Å². The second-order valence-corrected chi connectivity index (χ2v) is 4.78. The van der Waals surface area contributed by atoms with Gasteiger partial charge in [-0.3, -0.25) is 9.69 Å². The molecule has 2 rings (SSSR count). The van der Waals surface area contributed by atoms with Gasteiger partial charge in [-0.1, -0.05) is 12.1 Å². The highest BCUT2D eigenvalue weighted by Gasteiger charge is 2.29. The predicted octanol–water partition coefficient (Wildman–Crippen LogP) is 1.75. The van der Waals surface area contributed by atoms with Gasteiger partial charge in [0.05, 0.1) is 12.0 Å². The van der Waals surface area contributed by atoms with Crippen LogP contribution in [0.15, 0.2) is 24.3 Å². The van der Waals surface area contributed by atoms with E-state index in [-0.39, 0.29) is 11.7 Å². The lowest BCUT2D eigenvalue weighted by molar-refractivity contribution is -0.143. The smallest absolute Gasteiger partial charge is 0.306 e. The van der Waals surface area contributed by atoms with Gasteiger partial charge in [0.25, 0.3) is 0 Å². The lowest BCUT2D eigenvalue weighted by atomic mass is 9.94. The Balaban J connectivity index is 2.08. The molecule has 100 valence electrons. The first-order valence-corrected chi connectivity index (χ1v) is 6.27. The number of aromatic hydroxyl groups is 1. The number of nitrogens with zero attached hydrogens (tertiary/aromatic N) is 2. The van der Waals surface area contributed by atoms with E-state index in [9.17, 15) is 15.2 Å². The first-order chi connectivity index (χ1) is 9.11. The highest BCUT2D eigenvalue weighted by atomic mass is 16.4. The summed E-state index contributed by atoms with van der Waals surface area (Å²) in [5.74, 6) is -0.927. The number of carboxylic acids is 1. The zero-order chi connectivity index (χ0) is 13.8. The fourth-order valence-corrected chi connectivity index (χ4v) is 2.47. The minimum atomic E-state index is -0.759. The second-order valence-electron chi connectivity index (χ2n) is 4.78. The third kappa shape index (κ3) is 3.04. The maximum Gasteiger partial charge on any atom is 0.306 e. The molecule has 0 aliphatic carbocycles. The Labute approximate surface area is 111 Å². The van der Waals surface area contributed by atoms with E-state index >= 15 is 0 Å². The van der Waals surface area contributed by atoms with Crippen LogP contribution in [0.1, 0.15) is 24.4 Å². The number of phenolic OH excluding ortho intramolecular Hbond substituents is 1. The van der Waals surface area contributed by atoms with Crippen molar-refractivity contribution < 1.29 is 15.0 Å². The number of carbonyl (C=O) groups is 1. The summed E-state index contributed by atoms with van der Waals surface area (Å²) >= 11 is 0. The monoisotopic (exact) mass is 260 g/mol. The average molecular weight is 260 g/mol. The molecule has 0 aromatic heterocycles. The Bertz CT molecular complexity index is 502. The molecular weight excluding hydrogens is 244 g/mol. The van der Waals surface area contributed by atoms with Gasteiger partial charge in [-0.2, -0.15) is 5.26 Å². The van der Waals surface area contributed by atoms with Gasteiger partial charge in [0.2, 0.25) is 0 Å². The minimum absolute atomic E-state index is 0.137. The molecule has 0 bridgehead atoms. The fourth-order valence-electron chi connectivity index (χ4n) is 2.47. The van der Waals surface area contributed by atoms with E-state index in [4.69, 9.17) is 5.11 Å². The molecule has 5 heteroatoms. The molecule has 1 aromatic rings. The van der Waals surface area contributed by atoms with Crippen LogP contribution in [0, 0.1) is 17.2 Å². The highest BCUT2D eigenvalue weighted by molar-refractivity contribution is 5.70. The summed E-state index contributed by atoms with van der Waals surface area (Å²) in [4.78, 5) is 12.9. The van der Waals surface area contributed by atoms with Crippen molar-refractivity contribution in [1.29, 1.82) is 5.26 Å². The number of carboxylic acid groups (broad SMARTS) is 1. The molecule has 1 aliphatic rings. The zero-order valence-electron chi connectivity index (χ0n) is 10.5. The summed E-state index contributed by atoms with van der Waals surface area (Å²) in [5, 5.41) is 27.7. The van der Waals surface area contributed by atoms with Crippen molar-refractivity contribution in [2.45, 2.75) is 18.9 Å². The van der Waals surface area contributed by atoms with Gasteiger partial charge in [-0.15, -0.1) is 0 Å². The van der Waals surface area contributed by atoms with Crippen molar-refractivity contribution in [3.05, 3.63) is 29.8 Å². The van der Waals surface area contributed by atoms with Crippen LogP contribution in [0.4, 0.5) is 0 Å². The van der Waals surface area contributed by atoms with Gasteiger partial charge >= 0.3 is 5.97 Å². The summed E-state index contributed by atoms with van der Waals surface area (Å²) in [6.07, 6.45) is 1.12. The molecule has 0 spiro atoms. The minimum Gasteiger partial charge on any atom is -0.508 e. The van der Waals surface area contributed by atoms with Crippen molar-refractivity contribution in [2.24, 2.45) is 5.92 Å². The van der Waals surface area contributed by atoms with Crippen LogP contribution in [0.3, 0.4) is 0 Å². The summed E-state index contributed by atoms with van der Waals surface area (Å²) in [5.41, 5.74) is 0.747. The molecule has 1 heterocycles. The standard InChI is InChI=1S/C14H16N2O3/c15-9-13(11-2-1-3-12(17)8-11)16-6-4-10(5-7-16)14(18)19/h1-3,8,10,13,17H,4-7H2,(H,18,19). The first kappa shape index (κ1) is 13.4. The van der Waals surface area contributed by atoms with Crippen LogP contribution in [0.5, 0.6) is 5.75 Å². The molecule has 1 aromatic carbocycles. The number of piperidine rings is 1. The topological polar surface area (TPSA) is 84.6 Å². The van der Waals surface area contributed by atoms with E-state index < -0.39 is 12.0 Å². The zero-order valence-corrected chi connectivity index (χ0v) is 10.5. The molecule has 0 amide bonds. The maximum atomic E-state index is 10.9. The van der Waals surface area contributed by atoms with Crippen LogP contribution < -0.4 is 0 Å². The number of benzene rings is 1. The van der Waals surface area contributed by atoms with E-state index in [1.54, 1.807) is 24.3 Å². The average Bonchev–Trinajstić information content (AvgIpc) is 2.40. The molecular formula is C14H16N2O3. The predicted molar refractivity (Wildman–Crippen MR) is 68.4 cm³/mol. The van der Waals surface area contributed by atoms with Crippen LogP contribution in [-0.2, 0) is 4.79 Å². The Morgan fingerprint density at radius 1 is 1.42 bits per heavy atom. The Morgan fingerprint density at radius 2 is 2.11 bits per heavy atom. The number of phenols is 1. The molecule has 1 unspecified atom stereocenters. The number of hydrogen-bond donors (Lipinski definition) is 2. The van der Waals surface area contributed by atoms with Crippen molar-refractivity contribution in [3.8, 4) is 11.8 Å². The number of hydrogen-bond acceptors (Lipinski definition) is 4. The fraction of sp³-hybridized carbons (Fsp3) is 0.429. The van der Waals surface area contributed by atoms with Gasteiger partial charge in [0, 0.05) is 13.1 Å². The molecule has 0 saturated carbocycles. The van der Waals surface area contributed by atoms with Crippen LogP contribution in [0.25, 0.3) is 0 Å². The van der Waals surface area contributed by atoms with Gasteiger partial charge in [-0.05, 0) is 30.5 Å². The van der Waals surface area contributed by atoms with Gasteiger partial charge < -0.3 is 10.2 Å². The third-order valence-corrected chi connectivity index (χ3v) is 3.55. The SMILES string of the molecule is N#CC(c1cccc(O)c1)N1CCC(C(=O)O)CC1. The highest BCUT2D eigenvalue weighted by Crippen LogP contribution is 2.28. The number of nitriles is 1. The van der Waals surface area contributed by atoms with Gasteiger partial charge in [0.15, 0.2) is 0 Å². The van der Waals surface area contributed by atoms with E-state index in [0.29, 0.717) is 25.9 Å². The maximum absolute atomic E-state index is 10.9. The van der Waals surface area contributed by atoms with Crippen LogP contribution in [0.2, 0.25) is 0 Å². The molecule has 5 nitrogen and oxygen atoms in total. The first-order valence-electron chi connectivity index (χ1n) is 6.27. The number of likely N-dealkylation sites (tertiary alicyclic amines) is 1. The quantitative estimate of drug-likeness (QED) is 0.865. The molecule has 2 N–H and O–H groups in total. The third-order valence-electron chi connectivity index (χ3n) is 3.55. The van der Waals surface area contributed by atoms with Crippen molar-refractivity contribution in [2.75, 3.05) is 13.1 Å². The molecule has 1 saturated heterocycles. The molecule has 1 fully saturated rings. The number of rotatable bonds is 3. The lowest BCUT2D eigenvalue weighted by Gasteiger charge is -2.33. The van der Waals surface area contributed by atoms with Crippen molar-refractivity contribution in [3.63, 3.8) is 0 Å². The van der Waals surface area contributed by atoms with Gasteiger partial charge in [0.1, 0.15) is 11.8 Å². The summed E-state index contributed by atoms with van der Waals surface area (Å²) < 4.78 is 0. The number of aliphatic carboxylic acids is 1. The van der Waals surface area contributed by atoms with E-state index in [1.165, 1.54) is 0 Å². The summed E-state index contributed by atoms with van der Waals surface area (Å²) in [6.45, 7) is 1.18. The summed E-state index contributed by atoms with van der Waals surface area (Å²) in [6, 6.07) is 8.45. The van der Waals surface area contributed by atoms with Gasteiger partial charge in [-0.25, -0.2) is 0 Å². The Kier molecular flexibility index (Phi) is 4.03. The molecule has 1 aliphatic heterocycles. The van der Waals surface area contributed by atoms with Crippen LogP contribution >= 0.6 is 0 Å². The van der Waals surface area contributed by atoms with E-state index in [1.807, 2.05) is 4.90 Å². The largest absolute Gasteiger partial charge is 0.508 e. The van der Waals surface area contributed by atoms with Crippen molar-refractivity contribution >= 4 is 5.97 Å². The Hall–Kier alpha value is -2.06. The normalized spacial score (nSPS) is 18.7. The molecule has 19 heavy (non-hydrogen) atoms. The van der Waals surface area contributed by atoms with Crippen LogP contribution in [-0.4, -0.2) is 34.2 Å².